The number of nitrogens with zero attached hydrogens (tertiary/aromatic N) is 2. The van der Waals surface area contributed by atoms with Crippen LogP contribution in [-0.4, -0.2) is 20.7 Å². The molecule has 0 radical (unpaired) electrons. The lowest BCUT2D eigenvalue weighted by Crippen LogP contribution is -2.21. The number of hydrazine groups is 1. The Kier molecular flexibility index (Phi) is 2.16. The van der Waals surface area contributed by atoms with Crippen molar-refractivity contribution in [2.45, 2.75) is 0 Å². The van der Waals surface area contributed by atoms with Crippen molar-refractivity contribution in [3.05, 3.63) is 24.5 Å². The quantitative estimate of drug-likeness (QED) is 0.523. The van der Waals surface area contributed by atoms with Crippen LogP contribution in [0.1, 0.15) is 0 Å². The van der Waals surface area contributed by atoms with Gasteiger partial charge >= 0.3 is 0 Å². The van der Waals surface area contributed by atoms with Crippen molar-refractivity contribution >= 4 is 5.69 Å². The Morgan fingerprint density at radius 1 is 1.30 bits per heavy atom. The third kappa shape index (κ3) is 1.98. The Bertz CT molecular complexity index is 189. The molecule has 1 rings (SSSR count). The van der Waals surface area contributed by atoms with E-state index >= 15 is 0 Å². The fraction of sp³-hybridized carbons (Fsp3) is 0. The molecule has 0 aliphatic heterocycles. The number of hydrogen-bond donors (Lipinski definition) is 3. The minimum absolute atomic E-state index is 0.116. The topological polar surface area (TPSA) is 68.6 Å². The van der Waals surface area contributed by atoms with Crippen LogP contribution in [0.5, 0.6) is 0 Å². The summed E-state index contributed by atoms with van der Waals surface area (Å²) in [6.45, 7) is 0. The SMILES string of the molecule is ON(O)Nc1ccncc1. The molecule has 10 heavy (non-hydrogen) atoms. The molecular weight excluding hydrogens is 134 g/mol. The fourth-order valence-corrected chi connectivity index (χ4v) is 0.542. The predicted molar refractivity (Wildman–Crippen MR) is 33.3 cm³/mol. The van der Waals surface area contributed by atoms with E-state index in [0.29, 0.717) is 5.69 Å². The summed E-state index contributed by atoms with van der Waals surface area (Å²) < 4.78 is 0. The molecule has 54 valence electrons. The van der Waals surface area contributed by atoms with Crippen LogP contribution >= 0.6 is 0 Å². The molecule has 0 unspecified atom stereocenters. The molecule has 1 heterocycles. The molecule has 0 bridgehead atoms. The van der Waals surface area contributed by atoms with E-state index in [9.17, 15) is 0 Å². The van der Waals surface area contributed by atoms with Gasteiger partial charge in [0.25, 0.3) is 0 Å². The maximum Gasteiger partial charge on any atom is 0.0566 e. The van der Waals surface area contributed by atoms with Gasteiger partial charge < -0.3 is 0 Å². The molecular formula is C5H7N3O2. The monoisotopic (exact) mass is 141 g/mol. The number of nitrogens with one attached hydrogen (secondary N) is 1. The molecule has 1 aromatic heterocycles. The van der Waals surface area contributed by atoms with E-state index in [1.54, 1.807) is 12.1 Å². The molecule has 0 fully saturated rings. The average molecular weight is 141 g/mol. The van der Waals surface area contributed by atoms with Crippen LogP contribution in [0.4, 0.5) is 5.69 Å². The Morgan fingerprint density at radius 2 is 1.90 bits per heavy atom. The van der Waals surface area contributed by atoms with Gasteiger partial charge in [-0.15, -0.1) is 0 Å². The second-order valence-corrected chi connectivity index (χ2v) is 1.64. The van der Waals surface area contributed by atoms with E-state index in [1.165, 1.54) is 12.4 Å². The van der Waals surface area contributed by atoms with E-state index in [4.69, 9.17) is 10.4 Å². The van der Waals surface area contributed by atoms with Crippen LogP contribution in [-0.2, 0) is 0 Å². The van der Waals surface area contributed by atoms with Crippen molar-refractivity contribution in [1.29, 1.82) is 0 Å². The summed E-state index contributed by atoms with van der Waals surface area (Å²) in [5.74, 6) is 0. The van der Waals surface area contributed by atoms with Crippen molar-refractivity contribution in [2.75, 3.05) is 5.43 Å². The molecule has 0 saturated carbocycles. The van der Waals surface area contributed by atoms with E-state index in [2.05, 4.69) is 10.4 Å². The lowest BCUT2D eigenvalue weighted by Gasteiger charge is -2.07. The number of hydrogen-bond acceptors (Lipinski definition) is 5. The summed E-state index contributed by atoms with van der Waals surface area (Å²) in [5.41, 5.74) is 2.76. The van der Waals surface area contributed by atoms with Crippen LogP contribution in [0.2, 0.25) is 0 Å². The zero-order valence-electron chi connectivity index (χ0n) is 5.10. The summed E-state index contributed by atoms with van der Waals surface area (Å²) in [5, 5.41) is 16.4. The van der Waals surface area contributed by atoms with Gasteiger partial charge in [0.05, 0.1) is 5.69 Å². The number of pyridine rings is 1. The van der Waals surface area contributed by atoms with Crippen molar-refractivity contribution in [1.82, 2.24) is 10.3 Å². The number of aromatic nitrogens is 1. The van der Waals surface area contributed by atoms with Gasteiger partial charge in [-0.05, 0) is 12.1 Å². The molecule has 0 atom stereocenters. The van der Waals surface area contributed by atoms with E-state index in [-0.39, 0.29) is 5.34 Å². The van der Waals surface area contributed by atoms with Gasteiger partial charge in [0.2, 0.25) is 0 Å². The number of rotatable bonds is 2. The van der Waals surface area contributed by atoms with Crippen LogP contribution in [0, 0.1) is 0 Å². The Morgan fingerprint density at radius 3 is 2.40 bits per heavy atom. The lowest BCUT2D eigenvalue weighted by molar-refractivity contribution is -0.287. The highest BCUT2D eigenvalue weighted by atomic mass is 16.8. The summed E-state index contributed by atoms with van der Waals surface area (Å²) >= 11 is 0. The minimum atomic E-state index is -0.116. The smallest absolute Gasteiger partial charge is 0.0566 e. The predicted octanol–water partition coefficient (Wildman–Crippen LogP) is 0.489. The standard InChI is InChI=1S/C5H7N3O2/c9-8(10)7-5-1-3-6-4-2-5/h1-4,9-10H,(H,6,7). The summed E-state index contributed by atoms with van der Waals surface area (Å²) in [6, 6.07) is 3.19. The van der Waals surface area contributed by atoms with Gasteiger partial charge in [-0.2, -0.15) is 0 Å². The molecule has 1 aromatic rings. The zero-order chi connectivity index (χ0) is 7.40. The molecule has 0 saturated heterocycles. The third-order valence-electron chi connectivity index (χ3n) is 0.909. The second-order valence-electron chi connectivity index (χ2n) is 1.64. The van der Waals surface area contributed by atoms with Crippen molar-refractivity contribution < 1.29 is 10.4 Å². The minimum Gasteiger partial charge on any atom is -0.272 e. The van der Waals surface area contributed by atoms with Gasteiger partial charge in [-0.3, -0.25) is 20.8 Å². The molecule has 0 aliphatic carbocycles. The molecule has 5 heteroatoms. The Hall–Kier alpha value is -1.17. The van der Waals surface area contributed by atoms with Crippen LogP contribution in [0.3, 0.4) is 0 Å². The van der Waals surface area contributed by atoms with Crippen molar-refractivity contribution in [2.24, 2.45) is 0 Å². The average Bonchev–Trinajstić information content (AvgIpc) is 1.88. The van der Waals surface area contributed by atoms with Crippen molar-refractivity contribution in [3.8, 4) is 0 Å². The first-order valence-electron chi connectivity index (χ1n) is 2.63. The van der Waals surface area contributed by atoms with E-state index < -0.39 is 0 Å². The van der Waals surface area contributed by atoms with Gasteiger partial charge in [-0.1, -0.05) is 0 Å². The van der Waals surface area contributed by atoms with E-state index in [0.717, 1.165) is 0 Å². The van der Waals surface area contributed by atoms with Crippen LogP contribution < -0.4 is 5.43 Å². The van der Waals surface area contributed by atoms with Gasteiger partial charge in [-0.25, -0.2) is 0 Å². The molecule has 0 spiro atoms. The second kappa shape index (κ2) is 3.11. The zero-order valence-corrected chi connectivity index (χ0v) is 5.10. The van der Waals surface area contributed by atoms with E-state index in [1.807, 2.05) is 0 Å². The summed E-state index contributed by atoms with van der Waals surface area (Å²) in [6.07, 6.45) is 3.07. The first kappa shape index (κ1) is 6.94. The lowest BCUT2D eigenvalue weighted by atomic mass is 10.4. The number of anilines is 1. The summed E-state index contributed by atoms with van der Waals surface area (Å²) in [7, 11) is 0. The molecule has 3 N–H and O–H groups in total. The Balaban J connectivity index is 2.59. The Labute approximate surface area is 57.4 Å². The first-order chi connectivity index (χ1) is 4.79. The maximum absolute atomic E-state index is 8.26. The van der Waals surface area contributed by atoms with Crippen LogP contribution in [0.25, 0.3) is 0 Å². The van der Waals surface area contributed by atoms with Crippen LogP contribution in [0.15, 0.2) is 24.5 Å². The first-order valence-corrected chi connectivity index (χ1v) is 2.63. The largest absolute Gasteiger partial charge is 0.272 e. The normalized spacial score (nSPS) is 9.90. The van der Waals surface area contributed by atoms with Gasteiger partial charge in [0.1, 0.15) is 0 Å². The fourth-order valence-electron chi connectivity index (χ4n) is 0.542. The third-order valence-corrected chi connectivity index (χ3v) is 0.909. The highest BCUT2D eigenvalue weighted by molar-refractivity contribution is 5.38. The molecule has 0 aromatic carbocycles. The summed E-state index contributed by atoms with van der Waals surface area (Å²) in [4.78, 5) is 3.73. The van der Waals surface area contributed by atoms with Crippen molar-refractivity contribution in [3.63, 3.8) is 0 Å². The van der Waals surface area contributed by atoms with Gasteiger partial charge in [0, 0.05) is 17.7 Å². The maximum atomic E-state index is 8.26. The molecule has 0 aliphatic rings. The highest BCUT2D eigenvalue weighted by Crippen LogP contribution is 2.01. The molecule has 0 amide bonds. The molecule has 5 nitrogen and oxygen atoms in total. The highest BCUT2D eigenvalue weighted by Gasteiger charge is 1.91. The van der Waals surface area contributed by atoms with Gasteiger partial charge in [0.15, 0.2) is 0 Å².